The average molecular weight is 486 g/mol. The Balaban J connectivity index is 1.67. The van der Waals surface area contributed by atoms with E-state index in [2.05, 4.69) is 51.2 Å². The van der Waals surface area contributed by atoms with Crippen molar-refractivity contribution in [2.45, 2.75) is 58.1 Å². The van der Waals surface area contributed by atoms with Gasteiger partial charge < -0.3 is 24.0 Å². The summed E-state index contributed by atoms with van der Waals surface area (Å²) in [5, 5.41) is 14.3. The second-order valence-electron chi connectivity index (χ2n) is 10.3. The first-order valence-corrected chi connectivity index (χ1v) is 16.4. The van der Waals surface area contributed by atoms with Crippen LogP contribution < -0.4 is 4.90 Å². The van der Waals surface area contributed by atoms with Gasteiger partial charge in [0, 0.05) is 63.3 Å². The van der Waals surface area contributed by atoms with Gasteiger partial charge in [-0.25, -0.2) is 9.97 Å². The molecule has 3 aromatic rings. The minimum absolute atomic E-state index is 0.317. The number of pyridine rings is 1. The normalized spacial score (nSPS) is 17.3. The van der Waals surface area contributed by atoms with Gasteiger partial charge in [0.15, 0.2) is 0 Å². The molecule has 0 unspecified atom stereocenters. The lowest BCUT2D eigenvalue weighted by molar-refractivity contribution is 0.0899. The highest BCUT2D eigenvalue weighted by Crippen LogP contribution is 2.38. The van der Waals surface area contributed by atoms with Crippen molar-refractivity contribution in [2.75, 3.05) is 31.6 Å². The van der Waals surface area contributed by atoms with Crippen LogP contribution in [0.1, 0.15) is 12.8 Å². The predicted octanol–water partition coefficient (Wildman–Crippen LogP) is 4.48. The Kier molecular flexibility index (Phi) is 7.60. The van der Waals surface area contributed by atoms with E-state index in [1.54, 1.807) is 11.3 Å². The Morgan fingerprint density at radius 3 is 2.82 bits per heavy atom. The predicted molar refractivity (Wildman–Crippen MR) is 142 cm³/mol. The van der Waals surface area contributed by atoms with E-state index in [1.807, 2.05) is 31.6 Å². The van der Waals surface area contributed by atoms with Gasteiger partial charge in [0.1, 0.15) is 17.4 Å². The summed E-state index contributed by atoms with van der Waals surface area (Å²) in [5.74, 6) is 0. The Morgan fingerprint density at radius 1 is 1.30 bits per heavy atom. The van der Waals surface area contributed by atoms with Crippen molar-refractivity contribution in [1.29, 1.82) is 0 Å². The number of hydrogen-bond donors (Lipinski definition) is 1. The van der Waals surface area contributed by atoms with Gasteiger partial charge in [-0.15, -0.1) is 11.3 Å². The molecule has 4 heterocycles. The van der Waals surface area contributed by atoms with E-state index >= 15 is 0 Å². The molecule has 0 saturated carbocycles. The van der Waals surface area contributed by atoms with E-state index in [9.17, 15) is 5.02 Å². The topological polar surface area (TPSA) is 66.7 Å². The summed E-state index contributed by atoms with van der Waals surface area (Å²) < 4.78 is 8.22. The number of anilines is 1. The van der Waals surface area contributed by atoms with E-state index in [1.165, 1.54) is 5.69 Å². The molecule has 1 fully saturated rings. The molecule has 178 valence electrons. The fourth-order valence-corrected chi connectivity index (χ4v) is 5.84. The Labute approximate surface area is 202 Å². The minimum atomic E-state index is -1.13. The fourth-order valence-electron chi connectivity index (χ4n) is 4.43. The minimum Gasteiger partial charge on any atom is -0.437 e. The maximum Gasteiger partial charge on any atom is 0.376 e. The molecule has 1 N–H and O–H groups in total. The average Bonchev–Trinajstić information content (AvgIpc) is 3.43. The molecule has 0 aromatic carbocycles. The summed E-state index contributed by atoms with van der Waals surface area (Å²) >= 11 is 1.65. The van der Waals surface area contributed by atoms with Crippen LogP contribution in [-0.4, -0.2) is 72.3 Å². The number of rotatable bonds is 9. The molecule has 0 aliphatic carbocycles. The smallest absolute Gasteiger partial charge is 0.376 e. The van der Waals surface area contributed by atoms with Crippen LogP contribution in [0.2, 0.25) is 32.5 Å². The van der Waals surface area contributed by atoms with Crippen LogP contribution in [-0.2, 0) is 11.5 Å². The SMILES string of the molecule is CB(O)N(C)[C@H]1CCCN(c2ccnc3c2c(-c2nccs2)cn3COCC[Si](C)(C)C)C1. The molecule has 0 bridgehead atoms. The number of hydrogen-bond acceptors (Lipinski definition) is 7. The largest absolute Gasteiger partial charge is 0.437 e. The van der Waals surface area contributed by atoms with Crippen LogP contribution in [0.3, 0.4) is 0 Å². The zero-order valence-corrected chi connectivity index (χ0v) is 22.3. The van der Waals surface area contributed by atoms with Crippen LogP contribution in [0, 0.1) is 0 Å². The Hall–Kier alpha value is -1.72. The standard InChI is InChI=1S/C23H36BN5O2SSi/c1-24(30)27(2)18-7-6-11-28(15-18)20-8-9-25-22-21(20)19(23-26-10-13-32-23)16-29(22)17-31-12-14-33(3,4)5/h8-10,13,16,18,30H,6-7,11-12,14-15,17H2,1-5H3/t18-/m0/s1. The number of piperidine rings is 1. The van der Waals surface area contributed by atoms with E-state index in [4.69, 9.17) is 9.72 Å². The summed E-state index contributed by atoms with van der Waals surface area (Å²) in [4.78, 5) is 13.9. The number of nitrogens with zero attached hydrogens (tertiary/aromatic N) is 5. The maximum absolute atomic E-state index is 10.1. The zero-order valence-electron chi connectivity index (χ0n) is 20.5. The molecule has 1 aliphatic rings. The molecule has 0 amide bonds. The van der Waals surface area contributed by atoms with Crippen molar-refractivity contribution in [3.05, 3.63) is 30.0 Å². The van der Waals surface area contributed by atoms with Gasteiger partial charge in [0.2, 0.25) is 0 Å². The molecule has 1 aliphatic heterocycles. The van der Waals surface area contributed by atoms with Crippen LogP contribution in [0.15, 0.2) is 30.0 Å². The third-order valence-electron chi connectivity index (χ3n) is 6.53. The second kappa shape index (κ2) is 10.3. The number of ether oxygens (including phenoxy) is 1. The van der Waals surface area contributed by atoms with Crippen LogP contribution in [0.4, 0.5) is 5.69 Å². The Morgan fingerprint density at radius 2 is 2.12 bits per heavy atom. The molecule has 3 aromatic heterocycles. The van der Waals surface area contributed by atoms with Crippen molar-refractivity contribution in [3.63, 3.8) is 0 Å². The molecular weight excluding hydrogens is 449 g/mol. The first kappa shape index (κ1) is 24.4. The zero-order chi connectivity index (χ0) is 23.6. The van der Waals surface area contributed by atoms with Gasteiger partial charge in [-0.1, -0.05) is 19.6 Å². The molecule has 4 rings (SSSR count). The molecule has 10 heteroatoms. The quantitative estimate of drug-likeness (QED) is 0.356. The van der Waals surface area contributed by atoms with Crippen molar-refractivity contribution >= 4 is 43.2 Å². The van der Waals surface area contributed by atoms with E-state index in [-0.39, 0.29) is 0 Å². The van der Waals surface area contributed by atoms with Gasteiger partial charge in [0.25, 0.3) is 0 Å². The number of likely N-dealkylation sites (N-methyl/N-ethyl adjacent to an activating group) is 1. The lowest BCUT2D eigenvalue weighted by Crippen LogP contribution is -2.51. The van der Waals surface area contributed by atoms with Crippen molar-refractivity contribution < 1.29 is 9.76 Å². The monoisotopic (exact) mass is 485 g/mol. The van der Waals surface area contributed by atoms with E-state index in [0.29, 0.717) is 12.8 Å². The molecule has 0 spiro atoms. The summed E-state index contributed by atoms with van der Waals surface area (Å²) in [5.41, 5.74) is 3.24. The number of aromatic nitrogens is 3. The first-order chi connectivity index (χ1) is 15.7. The van der Waals surface area contributed by atoms with Gasteiger partial charge in [0.05, 0.1) is 11.1 Å². The van der Waals surface area contributed by atoms with E-state index < -0.39 is 15.1 Å². The molecule has 33 heavy (non-hydrogen) atoms. The first-order valence-electron chi connectivity index (χ1n) is 11.8. The van der Waals surface area contributed by atoms with Crippen molar-refractivity contribution in [3.8, 4) is 10.6 Å². The van der Waals surface area contributed by atoms with Crippen LogP contribution in [0.25, 0.3) is 21.6 Å². The Bertz CT molecular complexity index is 1050. The summed E-state index contributed by atoms with van der Waals surface area (Å²) in [7, 11) is 0.429. The lowest BCUT2D eigenvalue weighted by atomic mass is 9.82. The second-order valence-corrected chi connectivity index (χ2v) is 16.8. The molecule has 1 atom stereocenters. The summed E-state index contributed by atoms with van der Waals surface area (Å²) in [6, 6.07) is 3.59. The molecule has 0 radical (unpaired) electrons. The highest BCUT2D eigenvalue weighted by molar-refractivity contribution is 7.13. The highest BCUT2D eigenvalue weighted by Gasteiger charge is 2.29. The van der Waals surface area contributed by atoms with Crippen LogP contribution in [0.5, 0.6) is 0 Å². The van der Waals surface area contributed by atoms with Gasteiger partial charge in [-0.2, -0.15) is 0 Å². The maximum atomic E-state index is 10.1. The molecule has 1 saturated heterocycles. The number of fused-ring (bicyclic) bond motifs is 1. The van der Waals surface area contributed by atoms with Gasteiger partial charge in [-0.3, -0.25) is 0 Å². The lowest BCUT2D eigenvalue weighted by Gasteiger charge is -2.39. The van der Waals surface area contributed by atoms with Crippen molar-refractivity contribution in [2.24, 2.45) is 0 Å². The third kappa shape index (κ3) is 5.68. The van der Waals surface area contributed by atoms with Gasteiger partial charge in [-0.05, 0) is 38.8 Å². The van der Waals surface area contributed by atoms with E-state index in [0.717, 1.165) is 60.2 Å². The summed E-state index contributed by atoms with van der Waals surface area (Å²) in [6.45, 7) is 12.1. The third-order valence-corrected chi connectivity index (χ3v) is 9.04. The van der Waals surface area contributed by atoms with Crippen LogP contribution >= 0.6 is 11.3 Å². The molecule has 7 nitrogen and oxygen atoms in total. The fraction of sp³-hybridized carbons (Fsp3) is 0.565. The number of thiazole rings is 1. The van der Waals surface area contributed by atoms with Crippen molar-refractivity contribution in [1.82, 2.24) is 19.3 Å². The highest BCUT2D eigenvalue weighted by atomic mass is 32.1. The van der Waals surface area contributed by atoms with Gasteiger partial charge >= 0.3 is 7.05 Å². The molecular formula is C23H36BN5O2SSi. The summed E-state index contributed by atoms with van der Waals surface area (Å²) in [6.07, 6.45) is 8.11.